The Morgan fingerprint density at radius 1 is 1.31 bits per heavy atom. The smallest absolute Gasteiger partial charge is 0.141 e. The summed E-state index contributed by atoms with van der Waals surface area (Å²) in [7, 11) is 0. The Hall–Kier alpha value is -1.00. The molecule has 0 aromatic carbocycles. The van der Waals surface area contributed by atoms with Crippen molar-refractivity contribution in [2.45, 2.75) is 58.1 Å². The van der Waals surface area contributed by atoms with Gasteiger partial charge in [-0.2, -0.15) is 0 Å². The number of piperidine rings is 1. The molecule has 5 aliphatic carbocycles. The van der Waals surface area contributed by atoms with E-state index < -0.39 is 11.5 Å². The van der Waals surface area contributed by atoms with Crippen molar-refractivity contribution in [3.63, 3.8) is 0 Å². The molecule has 5 saturated carbocycles. The number of likely N-dealkylation sites (tertiary alicyclic amines) is 1. The fraction of sp³-hybridized carbons (Fsp3) is 0.818. The van der Waals surface area contributed by atoms with E-state index in [4.69, 9.17) is 0 Å². The second-order valence-electron chi connectivity index (χ2n) is 10.5. The number of hydrogen-bond acceptors (Lipinski definition) is 4. The summed E-state index contributed by atoms with van der Waals surface area (Å²) < 4.78 is 0. The first-order valence-corrected chi connectivity index (χ1v) is 10.5. The number of ketones is 2. The highest BCUT2D eigenvalue weighted by Gasteiger charge is 2.85. The second kappa shape index (κ2) is 4.35. The maximum absolute atomic E-state index is 13.6. The zero-order valence-electron chi connectivity index (χ0n) is 15.8. The van der Waals surface area contributed by atoms with E-state index in [2.05, 4.69) is 25.3 Å². The highest BCUT2D eigenvalue weighted by atomic mass is 16.3. The number of fused-ring (bicyclic) bond motifs is 1. The van der Waals surface area contributed by atoms with E-state index in [0.717, 1.165) is 37.9 Å². The number of carbonyl (C=O) groups excluding carboxylic acids is 2. The van der Waals surface area contributed by atoms with Gasteiger partial charge in [0.15, 0.2) is 0 Å². The van der Waals surface area contributed by atoms with Crippen LogP contribution in [0.5, 0.6) is 0 Å². The van der Waals surface area contributed by atoms with Crippen molar-refractivity contribution < 1.29 is 14.7 Å². The highest BCUT2D eigenvalue weighted by Crippen LogP contribution is 2.82. The lowest BCUT2D eigenvalue weighted by Gasteiger charge is -2.62. The van der Waals surface area contributed by atoms with Crippen LogP contribution in [-0.2, 0) is 9.59 Å². The molecule has 7 bridgehead atoms. The summed E-state index contributed by atoms with van der Waals surface area (Å²) in [5.41, 5.74) is 0.253. The summed E-state index contributed by atoms with van der Waals surface area (Å²) in [5.74, 6) is 1.24. The van der Waals surface area contributed by atoms with Gasteiger partial charge < -0.3 is 5.11 Å². The topological polar surface area (TPSA) is 57.6 Å². The van der Waals surface area contributed by atoms with Gasteiger partial charge in [0.1, 0.15) is 11.6 Å². The first kappa shape index (κ1) is 16.0. The average Bonchev–Trinajstić information content (AvgIpc) is 3.14. The van der Waals surface area contributed by atoms with Crippen LogP contribution < -0.4 is 0 Å². The normalized spacial score (nSPS) is 59.9. The number of Topliss-reactive ketones (excluding diaryl/α,β-unsaturated/α-hetero) is 2. The fourth-order valence-corrected chi connectivity index (χ4v) is 9.45. The van der Waals surface area contributed by atoms with Crippen molar-refractivity contribution >= 4 is 11.6 Å². The Kier molecular flexibility index (Phi) is 2.68. The molecule has 6 rings (SSSR count). The van der Waals surface area contributed by atoms with Crippen LogP contribution in [0.3, 0.4) is 0 Å². The summed E-state index contributed by atoms with van der Waals surface area (Å²) in [6, 6.07) is 0.232. The quantitative estimate of drug-likeness (QED) is 0.733. The zero-order valence-corrected chi connectivity index (χ0v) is 15.8. The van der Waals surface area contributed by atoms with Gasteiger partial charge >= 0.3 is 0 Å². The molecule has 6 fully saturated rings. The highest BCUT2D eigenvalue weighted by molar-refractivity contribution is 5.93. The molecule has 9 unspecified atom stereocenters. The van der Waals surface area contributed by atoms with Crippen LogP contribution in [0, 0.1) is 39.9 Å². The molecule has 0 radical (unpaired) electrons. The van der Waals surface area contributed by atoms with Gasteiger partial charge in [-0.05, 0) is 54.5 Å². The Morgan fingerprint density at radius 2 is 2.08 bits per heavy atom. The minimum absolute atomic E-state index is 0.0308. The predicted molar refractivity (Wildman–Crippen MR) is 96.2 cm³/mol. The SMILES string of the molecule is C=C1C2CC3(C1O)C1CC4C5(C)CCC(=O)C4(C1N(CC)C5)C3CC2=O. The van der Waals surface area contributed by atoms with E-state index in [0.29, 0.717) is 30.5 Å². The lowest BCUT2D eigenvalue weighted by molar-refractivity contribution is -0.178. The number of aliphatic hydroxyl groups is 1. The van der Waals surface area contributed by atoms with Crippen molar-refractivity contribution in [1.29, 1.82) is 0 Å². The molecule has 4 heteroatoms. The molecular formula is C22H29NO3. The van der Waals surface area contributed by atoms with Crippen LogP contribution in [0.4, 0.5) is 0 Å². The van der Waals surface area contributed by atoms with Gasteiger partial charge in [0, 0.05) is 36.8 Å². The van der Waals surface area contributed by atoms with E-state index >= 15 is 0 Å². The van der Waals surface area contributed by atoms with Crippen molar-refractivity contribution in [3.05, 3.63) is 12.2 Å². The van der Waals surface area contributed by atoms with Crippen molar-refractivity contribution in [2.24, 2.45) is 39.9 Å². The van der Waals surface area contributed by atoms with Crippen LogP contribution >= 0.6 is 0 Å². The van der Waals surface area contributed by atoms with Crippen LogP contribution in [0.2, 0.25) is 0 Å². The van der Waals surface area contributed by atoms with Gasteiger partial charge in [0.05, 0.1) is 11.5 Å². The molecule has 4 nitrogen and oxygen atoms in total. The molecule has 140 valence electrons. The third-order valence-electron chi connectivity index (χ3n) is 10.1. The Balaban J connectivity index is 1.63. The molecule has 6 aliphatic rings. The van der Waals surface area contributed by atoms with Crippen LogP contribution in [-0.4, -0.2) is 46.8 Å². The van der Waals surface area contributed by atoms with Crippen molar-refractivity contribution in [1.82, 2.24) is 4.90 Å². The third-order valence-corrected chi connectivity index (χ3v) is 10.1. The first-order valence-electron chi connectivity index (χ1n) is 10.5. The minimum Gasteiger partial charge on any atom is -0.388 e. The predicted octanol–water partition coefficient (Wildman–Crippen LogP) is 2.21. The van der Waals surface area contributed by atoms with Crippen LogP contribution in [0.15, 0.2) is 12.2 Å². The van der Waals surface area contributed by atoms with Crippen molar-refractivity contribution in [2.75, 3.05) is 13.1 Å². The molecular weight excluding hydrogens is 326 g/mol. The summed E-state index contributed by atoms with van der Waals surface area (Å²) in [5, 5.41) is 11.3. The lowest BCUT2D eigenvalue weighted by Crippen LogP contribution is -2.67. The summed E-state index contributed by atoms with van der Waals surface area (Å²) in [6.07, 6.45) is 3.34. The van der Waals surface area contributed by atoms with Gasteiger partial charge in [-0.15, -0.1) is 0 Å². The summed E-state index contributed by atoms with van der Waals surface area (Å²) in [4.78, 5) is 29.1. The van der Waals surface area contributed by atoms with Gasteiger partial charge in [-0.3, -0.25) is 14.5 Å². The first-order chi connectivity index (χ1) is 12.3. The summed E-state index contributed by atoms with van der Waals surface area (Å²) >= 11 is 0. The molecule has 1 saturated heterocycles. The molecule has 0 amide bonds. The monoisotopic (exact) mass is 355 g/mol. The van der Waals surface area contributed by atoms with Gasteiger partial charge in [0.2, 0.25) is 0 Å². The number of aliphatic hydroxyl groups excluding tert-OH is 1. The van der Waals surface area contributed by atoms with Crippen molar-refractivity contribution in [3.8, 4) is 0 Å². The number of carbonyl (C=O) groups is 2. The second-order valence-corrected chi connectivity index (χ2v) is 10.5. The minimum atomic E-state index is -0.602. The van der Waals surface area contributed by atoms with E-state index in [1.807, 2.05) is 0 Å². The molecule has 9 atom stereocenters. The molecule has 1 heterocycles. The third kappa shape index (κ3) is 1.29. The lowest BCUT2D eigenvalue weighted by atomic mass is 9.44. The molecule has 2 spiro atoms. The van der Waals surface area contributed by atoms with Gasteiger partial charge in [-0.25, -0.2) is 0 Å². The average molecular weight is 355 g/mol. The van der Waals surface area contributed by atoms with Gasteiger partial charge in [-0.1, -0.05) is 20.4 Å². The number of hydrogen-bond donors (Lipinski definition) is 1. The largest absolute Gasteiger partial charge is 0.388 e. The molecule has 0 aromatic rings. The maximum Gasteiger partial charge on any atom is 0.141 e. The van der Waals surface area contributed by atoms with E-state index in [-0.39, 0.29) is 34.5 Å². The zero-order chi connectivity index (χ0) is 18.2. The fourth-order valence-electron chi connectivity index (χ4n) is 9.45. The maximum atomic E-state index is 13.6. The summed E-state index contributed by atoms with van der Waals surface area (Å²) in [6.45, 7) is 10.7. The molecule has 26 heavy (non-hydrogen) atoms. The van der Waals surface area contributed by atoms with Crippen LogP contribution in [0.25, 0.3) is 0 Å². The molecule has 0 aromatic heterocycles. The van der Waals surface area contributed by atoms with Crippen LogP contribution in [0.1, 0.15) is 46.0 Å². The molecule has 1 N–H and O–H groups in total. The Morgan fingerprint density at radius 3 is 2.81 bits per heavy atom. The standard InChI is InChI=1S/C22H29NO3/c1-4-23-10-20(3)6-5-17(25)22-15(20)7-13(18(22)23)21-9-12(11(2)19(21)26)14(24)8-16(21)22/h12-13,15-16,18-19,26H,2,4-10H2,1,3H3. The van der Waals surface area contributed by atoms with E-state index in [1.165, 1.54) is 0 Å². The molecule has 1 aliphatic heterocycles. The Bertz CT molecular complexity index is 775. The van der Waals surface area contributed by atoms with E-state index in [1.54, 1.807) is 0 Å². The Labute approximate surface area is 155 Å². The van der Waals surface area contributed by atoms with Gasteiger partial charge in [0.25, 0.3) is 0 Å². The van der Waals surface area contributed by atoms with E-state index in [9.17, 15) is 14.7 Å². The number of nitrogens with zero attached hydrogens (tertiary/aromatic N) is 1. The number of rotatable bonds is 1.